The predicted octanol–water partition coefficient (Wildman–Crippen LogP) is 2.96. The van der Waals surface area contributed by atoms with Crippen LogP contribution in [0.5, 0.6) is 0 Å². The van der Waals surface area contributed by atoms with Gasteiger partial charge in [-0.05, 0) is 63.1 Å². The molecule has 0 spiro atoms. The number of amides is 2. The third-order valence-corrected chi connectivity index (χ3v) is 5.03. The van der Waals surface area contributed by atoms with Crippen LogP contribution in [-0.4, -0.2) is 29.9 Å². The Balaban J connectivity index is 1.59. The number of rotatable bonds is 8. The molecule has 0 aliphatic heterocycles. The van der Waals surface area contributed by atoms with Crippen LogP contribution in [0, 0.1) is 5.41 Å². The van der Waals surface area contributed by atoms with Crippen LogP contribution >= 0.6 is 0 Å². The molecule has 1 fully saturated rings. The summed E-state index contributed by atoms with van der Waals surface area (Å²) in [6, 6.07) is 13.3. The van der Waals surface area contributed by atoms with Crippen molar-refractivity contribution in [3.05, 3.63) is 54.4 Å². The molecule has 2 aromatic rings. The third-order valence-electron chi connectivity index (χ3n) is 5.03. The monoisotopic (exact) mass is 366 g/mol. The van der Waals surface area contributed by atoms with Crippen molar-refractivity contribution in [1.82, 2.24) is 10.3 Å². The number of hydrogen-bond acceptors (Lipinski definition) is 4. The normalized spacial score (nSPS) is 14.3. The molecular formula is C21H26N4O2. The summed E-state index contributed by atoms with van der Waals surface area (Å²) >= 11 is 0. The van der Waals surface area contributed by atoms with E-state index in [0.29, 0.717) is 25.1 Å². The van der Waals surface area contributed by atoms with Crippen molar-refractivity contribution in [2.45, 2.75) is 33.2 Å². The second kappa shape index (κ2) is 8.20. The largest absolute Gasteiger partial charge is 0.372 e. The van der Waals surface area contributed by atoms with E-state index in [2.05, 4.69) is 34.4 Å². The predicted molar refractivity (Wildman–Crippen MR) is 106 cm³/mol. The fourth-order valence-corrected chi connectivity index (χ4v) is 3.12. The van der Waals surface area contributed by atoms with E-state index < -0.39 is 5.41 Å². The Labute approximate surface area is 160 Å². The van der Waals surface area contributed by atoms with Gasteiger partial charge in [-0.1, -0.05) is 6.07 Å². The maximum absolute atomic E-state index is 12.7. The van der Waals surface area contributed by atoms with Crippen LogP contribution in [0.2, 0.25) is 0 Å². The molecule has 0 radical (unpaired) electrons. The minimum absolute atomic E-state index is 0.231. The molecule has 27 heavy (non-hydrogen) atoms. The molecule has 3 rings (SSSR count). The highest BCUT2D eigenvalue weighted by atomic mass is 16.2. The number of nitrogens with one attached hydrogen (secondary N) is 2. The average molecular weight is 366 g/mol. The SMILES string of the molecule is CCN(CC)c1ccc(NC(=O)C2(C(=O)NCc3ccccn3)CC2)cc1. The van der Waals surface area contributed by atoms with Gasteiger partial charge in [-0.15, -0.1) is 0 Å². The highest BCUT2D eigenvalue weighted by molar-refractivity contribution is 6.13. The van der Waals surface area contributed by atoms with Gasteiger partial charge in [-0.3, -0.25) is 14.6 Å². The lowest BCUT2D eigenvalue weighted by Gasteiger charge is -2.21. The summed E-state index contributed by atoms with van der Waals surface area (Å²) in [7, 11) is 0. The van der Waals surface area contributed by atoms with Gasteiger partial charge in [0.1, 0.15) is 5.41 Å². The zero-order chi connectivity index (χ0) is 19.3. The maximum atomic E-state index is 12.7. The Morgan fingerprint density at radius 3 is 2.30 bits per heavy atom. The molecule has 1 heterocycles. The van der Waals surface area contributed by atoms with Gasteiger partial charge in [0, 0.05) is 30.7 Å². The Bertz CT molecular complexity index is 782. The molecule has 0 bridgehead atoms. The molecule has 1 saturated carbocycles. The van der Waals surface area contributed by atoms with Gasteiger partial charge in [0.05, 0.1) is 12.2 Å². The van der Waals surface area contributed by atoms with Crippen molar-refractivity contribution in [2.75, 3.05) is 23.3 Å². The first-order valence-corrected chi connectivity index (χ1v) is 9.43. The number of nitrogens with zero attached hydrogens (tertiary/aromatic N) is 2. The first-order chi connectivity index (χ1) is 13.1. The summed E-state index contributed by atoms with van der Waals surface area (Å²) < 4.78 is 0. The molecular weight excluding hydrogens is 340 g/mol. The molecule has 142 valence electrons. The van der Waals surface area contributed by atoms with E-state index >= 15 is 0 Å². The second-order valence-corrected chi connectivity index (χ2v) is 6.76. The molecule has 2 amide bonds. The molecule has 2 N–H and O–H groups in total. The molecule has 1 aliphatic carbocycles. The fourth-order valence-electron chi connectivity index (χ4n) is 3.12. The van der Waals surface area contributed by atoms with Crippen LogP contribution in [-0.2, 0) is 16.1 Å². The lowest BCUT2D eigenvalue weighted by molar-refractivity contribution is -0.134. The molecule has 1 aromatic carbocycles. The van der Waals surface area contributed by atoms with E-state index in [9.17, 15) is 9.59 Å². The van der Waals surface area contributed by atoms with E-state index in [1.807, 2.05) is 42.5 Å². The number of carbonyl (C=O) groups is 2. The molecule has 6 nitrogen and oxygen atoms in total. The van der Waals surface area contributed by atoms with Gasteiger partial charge in [-0.2, -0.15) is 0 Å². The molecule has 6 heteroatoms. The summed E-state index contributed by atoms with van der Waals surface area (Å²) in [6.45, 7) is 6.41. The number of pyridine rings is 1. The average Bonchev–Trinajstić information content (AvgIpc) is 3.51. The highest BCUT2D eigenvalue weighted by Crippen LogP contribution is 2.46. The molecule has 1 aliphatic rings. The Morgan fingerprint density at radius 2 is 1.74 bits per heavy atom. The molecule has 0 saturated heterocycles. The van der Waals surface area contributed by atoms with Crippen molar-refractivity contribution in [3.8, 4) is 0 Å². The topological polar surface area (TPSA) is 74.3 Å². The lowest BCUT2D eigenvalue weighted by atomic mass is 10.0. The smallest absolute Gasteiger partial charge is 0.240 e. The van der Waals surface area contributed by atoms with Gasteiger partial charge in [0.2, 0.25) is 11.8 Å². The van der Waals surface area contributed by atoms with Gasteiger partial charge in [-0.25, -0.2) is 0 Å². The minimum atomic E-state index is -0.952. The van der Waals surface area contributed by atoms with E-state index in [-0.39, 0.29) is 11.8 Å². The Kier molecular flexibility index (Phi) is 5.74. The lowest BCUT2D eigenvalue weighted by Crippen LogP contribution is -2.39. The molecule has 1 aromatic heterocycles. The summed E-state index contributed by atoms with van der Waals surface area (Å²) in [6.07, 6.45) is 2.83. The highest BCUT2D eigenvalue weighted by Gasteiger charge is 2.56. The van der Waals surface area contributed by atoms with Crippen LogP contribution in [0.3, 0.4) is 0 Å². The third kappa shape index (κ3) is 4.27. The molecule has 0 atom stereocenters. The van der Waals surface area contributed by atoms with Gasteiger partial charge >= 0.3 is 0 Å². The summed E-state index contributed by atoms with van der Waals surface area (Å²) in [5, 5.41) is 5.73. The van der Waals surface area contributed by atoms with Crippen LogP contribution < -0.4 is 15.5 Å². The molecule has 0 unspecified atom stereocenters. The van der Waals surface area contributed by atoms with Crippen LogP contribution in [0.1, 0.15) is 32.4 Å². The second-order valence-electron chi connectivity index (χ2n) is 6.76. The van der Waals surface area contributed by atoms with E-state index in [4.69, 9.17) is 0 Å². The van der Waals surface area contributed by atoms with Crippen molar-refractivity contribution in [1.29, 1.82) is 0 Å². The van der Waals surface area contributed by atoms with E-state index in [1.54, 1.807) is 6.20 Å². The van der Waals surface area contributed by atoms with E-state index in [1.165, 1.54) is 0 Å². The standard InChI is InChI=1S/C21H26N4O2/c1-3-25(4-2)18-10-8-16(9-11-18)24-20(27)21(12-13-21)19(26)23-15-17-7-5-6-14-22-17/h5-11,14H,3-4,12-13,15H2,1-2H3,(H,23,26)(H,24,27). The number of aromatic nitrogens is 1. The fraction of sp³-hybridized carbons (Fsp3) is 0.381. The quantitative estimate of drug-likeness (QED) is 0.705. The van der Waals surface area contributed by atoms with Crippen molar-refractivity contribution in [2.24, 2.45) is 5.41 Å². The van der Waals surface area contributed by atoms with Gasteiger partial charge < -0.3 is 15.5 Å². The minimum Gasteiger partial charge on any atom is -0.372 e. The van der Waals surface area contributed by atoms with E-state index in [0.717, 1.165) is 24.5 Å². The number of benzene rings is 1. The van der Waals surface area contributed by atoms with Crippen LogP contribution in [0.4, 0.5) is 11.4 Å². The van der Waals surface area contributed by atoms with Crippen molar-refractivity contribution >= 4 is 23.2 Å². The Hall–Kier alpha value is -2.89. The van der Waals surface area contributed by atoms with Gasteiger partial charge in [0.25, 0.3) is 0 Å². The van der Waals surface area contributed by atoms with Crippen LogP contribution in [0.15, 0.2) is 48.7 Å². The first-order valence-electron chi connectivity index (χ1n) is 9.43. The summed E-state index contributed by atoms with van der Waals surface area (Å²) in [5.74, 6) is -0.470. The van der Waals surface area contributed by atoms with Crippen molar-refractivity contribution < 1.29 is 9.59 Å². The maximum Gasteiger partial charge on any atom is 0.240 e. The zero-order valence-corrected chi connectivity index (χ0v) is 15.9. The number of anilines is 2. The first kappa shape index (κ1) is 18.9. The summed E-state index contributed by atoms with van der Waals surface area (Å²) in [4.78, 5) is 31.6. The van der Waals surface area contributed by atoms with Gasteiger partial charge in [0.15, 0.2) is 0 Å². The number of hydrogen-bond donors (Lipinski definition) is 2. The summed E-state index contributed by atoms with van der Waals surface area (Å²) in [5.41, 5.74) is 1.65. The van der Waals surface area contributed by atoms with Crippen molar-refractivity contribution in [3.63, 3.8) is 0 Å². The Morgan fingerprint density at radius 1 is 1.04 bits per heavy atom. The number of carbonyl (C=O) groups excluding carboxylic acids is 2. The van der Waals surface area contributed by atoms with Crippen LogP contribution in [0.25, 0.3) is 0 Å². The zero-order valence-electron chi connectivity index (χ0n) is 15.9.